The van der Waals surface area contributed by atoms with Crippen molar-refractivity contribution in [1.82, 2.24) is 10.2 Å². The van der Waals surface area contributed by atoms with Crippen LogP contribution in [0.3, 0.4) is 0 Å². The first-order valence-electron chi connectivity index (χ1n) is 10.7. The summed E-state index contributed by atoms with van der Waals surface area (Å²) in [6.07, 6.45) is 2.34. The molecular weight excluding hydrogens is 386 g/mol. The van der Waals surface area contributed by atoms with Gasteiger partial charge in [-0.2, -0.15) is 0 Å². The number of para-hydroxylation sites is 1. The summed E-state index contributed by atoms with van der Waals surface area (Å²) >= 11 is 0. The van der Waals surface area contributed by atoms with Gasteiger partial charge in [0, 0.05) is 31.7 Å². The molecule has 0 radical (unpaired) electrons. The number of likely N-dealkylation sites (tertiary alicyclic amines) is 1. The maximum atomic E-state index is 12.5. The van der Waals surface area contributed by atoms with Crippen molar-refractivity contribution in [1.29, 1.82) is 0 Å². The molecule has 0 unspecified atom stereocenters. The van der Waals surface area contributed by atoms with E-state index in [-0.39, 0.29) is 11.9 Å². The average Bonchev–Trinajstić information content (AvgIpc) is 3.19. The molecule has 0 bridgehead atoms. The van der Waals surface area contributed by atoms with Crippen molar-refractivity contribution < 1.29 is 9.59 Å². The molecule has 4 rings (SSSR count). The van der Waals surface area contributed by atoms with Crippen LogP contribution in [0, 0.1) is 0 Å². The van der Waals surface area contributed by atoms with E-state index in [0.717, 1.165) is 41.8 Å². The number of nitrogens with zero attached hydrogens (tertiary/aromatic N) is 1. The molecule has 1 heterocycles. The molecule has 0 aliphatic carbocycles. The van der Waals surface area contributed by atoms with Gasteiger partial charge in [-0.1, -0.05) is 72.8 Å². The Morgan fingerprint density at radius 2 is 1.61 bits per heavy atom. The zero-order valence-electron chi connectivity index (χ0n) is 17.5. The third-order valence-electron chi connectivity index (χ3n) is 5.49. The van der Waals surface area contributed by atoms with Crippen molar-refractivity contribution in [2.24, 2.45) is 0 Å². The maximum Gasteiger partial charge on any atom is 0.319 e. The fraction of sp³-hybridized carbons (Fsp3) is 0.231. The lowest BCUT2D eigenvalue weighted by molar-refractivity contribution is -0.128. The molecule has 5 nitrogen and oxygen atoms in total. The van der Waals surface area contributed by atoms with Gasteiger partial charge in [-0.05, 0) is 41.2 Å². The summed E-state index contributed by atoms with van der Waals surface area (Å²) in [4.78, 5) is 26.3. The molecule has 3 aromatic carbocycles. The SMILES string of the molecule is O=C(NCc1cccc(CN2CCCC2=O)c1)Nc1ccccc1Cc1ccccc1. The van der Waals surface area contributed by atoms with Crippen molar-refractivity contribution in [3.63, 3.8) is 0 Å². The molecule has 158 valence electrons. The van der Waals surface area contributed by atoms with Crippen molar-refractivity contribution >= 4 is 17.6 Å². The van der Waals surface area contributed by atoms with Gasteiger partial charge >= 0.3 is 6.03 Å². The first kappa shape index (κ1) is 20.7. The van der Waals surface area contributed by atoms with E-state index in [1.54, 1.807) is 0 Å². The van der Waals surface area contributed by atoms with Crippen LogP contribution in [-0.4, -0.2) is 23.4 Å². The molecule has 1 aliphatic rings. The Morgan fingerprint density at radius 1 is 0.871 bits per heavy atom. The summed E-state index contributed by atoms with van der Waals surface area (Å²) in [6.45, 7) is 1.88. The van der Waals surface area contributed by atoms with Crippen molar-refractivity contribution in [3.8, 4) is 0 Å². The molecule has 0 aromatic heterocycles. The number of anilines is 1. The second kappa shape index (κ2) is 9.94. The van der Waals surface area contributed by atoms with Gasteiger partial charge in [0.25, 0.3) is 0 Å². The van der Waals surface area contributed by atoms with Gasteiger partial charge in [-0.25, -0.2) is 4.79 Å². The molecule has 3 aromatic rings. The van der Waals surface area contributed by atoms with E-state index in [1.165, 1.54) is 5.56 Å². The number of carbonyl (C=O) groups is 2. The van der Waals surface area contributed by atoms with Crippen LogP contribution in [-0.2, 0) is 24.3 Å². The molecule has 1 saturated heterocycles. The number of rotatable bonds is 7. The Balaban J connectivity index is 1.34. The van der Waals surface area contributed by atoms with Gasteiger partial charge in [0.2, 0.25) is 5.91 Å². The molecule has 2 N–H and O–H groups in total. The zero-order chi connectivity index (χ0) is 21.5. The lowest BCUT2D eigenvalue weighted by atomic mass is 10.0. The third kappa shape index (κ3) is 5.72. The van der Waals surface area contributed by atoms with Crippen LogP contribution in [0.1, 0.15) is 35.1 Å². The fourth-order valence-corrected chi connectivity index (χ4v) is 3.89. The predicted molar refractivity (Wildman–Crippen MR) is 123 cm³/mol. The highest BCUT2D eigenvalue weighted by molar-refractivity contribution is 5.90. The number of benzene rings is 3. The Kier molecular flexibility index (Phi) is 6.62. The number of urea groups is 1. The number of nitrogens with one attached hydrogen (secondary N) is 2. The third-order valence-corrected chi connectivity index (χ3v) is 5.49. The molecule has 0 atom stereocenters. The minimum atomic E-state index is -0.236. The second-order valence-electron chi connectivity index (χ2n) is 7.87. The van der Waals surface area contributed by atoms with Gasteiger partial charge in [-0.15, -0.1) is 0 Å². The van der Waals surface area contributed by atoms with Crippen LogP contribution in [0.5, 0.6) is 0 Å². The lowest BCUT2D eigenvalue weighted by Gasteiger charge is -2.16. The highest BCUT2D eigenvalue weighted by atomic mass is 16.2. The normalized spacial score (nSPS) is 13.3. The van der Waals surface area contributed by atoms with E-state index in [9.17, 15) is 9.59 Å². The highest BCUT2D eigenvalue weighted by Crippen LogP contribution is 2.19. The molecule has 3 amide bonds. The van der Waals surface area contributed by atoms with Gasteiger partial charge in [0.15, 0.2) is 0 Å². The monoisotopic (exact) mass is 413 g/mol. The van der Waals surface area contributed by atoms with Gasteiger partial charge in [0.05, 0.1) is 0 Å². The molecule has 1 aliphatic heterocycles. The zero-order valence-corrected chi connectivity index (χ0v) is 17.5. The fourth-order valence-electron chi connectivity index (χ4n) is 3.89. The Bertz CT molecular complexity index is 1050. The van der Waals surface area contributed by atoms with E-state index < -0.39 is 0 Å². The van der Waals surface area contributed by atoms with Gasteiger partial charge < -0.3 is 15.5 Å². The molecular formula is C26H27N3O2. The van der Waals surface area contributed by atoms with E-state index in [1.807, 2.05) is 65.6 Å². The predicted octanol–water partition coefficient (Wildman–Crippen LogP) is 4.72. The number of carbonyl (C=O) groups excluding carboxylic acids is 2. The van der Waals surface area contributed by atoms with Crippen LogP contribution in [0.2, 0.25) is 0 Å². The first-order valence-corrected chi connectivity index (χ1v) is 10.7. The van der Waals surface area contributed by atoms with Gasteiger partial charge in [-0.3, -0.25) is 4.79 Å². The standard InChI is InChI=1S/C26H27N3O2/c30-25-14-7-15-29(25)19-22-11-6-10-21(16-22)18-27-26(31)28-24-13-5-4-12-23(24)17-20-8-2-1-3-9-20/h1-6,8-13,16H,7,14-15,17-19H2,(H2,27,28,31). The summed E-state index contributed by atoms with van der Waals surface area (Å²) in [7, 11) is 0. The lowest BCUT2D eigenvalue weighted by Crippen LogP contribution is -2.28. The van der Waals surface area contributed by atoms with Crippen LogP contribution in [0.4, 0.5) is 10.5 Å². The average molecular weight is 414 g/mol. The van der Waals surface area contributed by atoms with Crippen LogP contribution < -0.4 is 10.6 Å². The van der Waals surface area contributed by atoms with Crippen LogP contribution in [0.15, 0.2) is 78.9 Å². The Hall–Kier alpha value is -3.60. The minimum Gasteiger partial charge on any atom is -0.338 e. The summed E-state index contributed by atoms with van der Waals surface area (Å²) in [6, 6.07) is 25.9. The van der Waals surface area contributed by atoms with Crippen LogP contribution >= 0.6 is 0 Å². The van der Waals surface area contributed by atoms with Crippen LogP contribution in [0.25, 0.3) is 0 Å². The summed E-state index contributed by atoms with van der Waals surface area (Å²) in [5.41, 5.74) is 5.18. The number of hydrogen-bond donors (Lipinski definition) is 2. The quantitative estimate of drug-likeness (QED) is 0.589. The smallest absolute Gasteiger partial charge is 0.319 e. The van der Waals surface area contributed by atoms with Crippen molar-refractivity contribution in [2.75, 3.05) is 11.9 Å². The topological polar surface area (TPSA) is 61.4 Å². The van der Waals surface area contributed by atoms with Crippen molar-refractivity contribution in [2.45, 2.75) is 32.4 Å². The summed E-state index contributed by atoms with van der Waals surface area (Å²) in [5.74, 6) is 0.220. The number of hydrogen-bond acceptors (Lipinski definition) is 2. The molecule has 1 fully saturated rings. The molecule has 5 heteroatoms. The van der Waals surface area contributed by atoms with E-state index in [4.69, 9.17) is 0 Å². The maximum absolute atomic E-state index is 12.5. The largest absolute Gasteiger partial charge is 0.338 e. The second-order valence-corrected chi connectivity index (χ2v) is 7.87. The van der Waals surface area contributed by atoms with E-state index in [0.29, 0.717) is 19.5 Å². The molecule has 0 spiro atoms. The Labute approximate surface area is 183 Å². The first-order chi connectivity index (χ1) is 15.2. The molecule has 31 heavy (non-hydrogen) atoms. The minimum absolute atomic E-state index is 0.220. The van der Waals surface area contributed by atoms with E-state index >= 15 is 0 Å². The Morgan fingerprint density at radius 3 is 2.42 bits per heavy atom. The van der Waals surface area contributed by atoms with Gasteiger partial charge in [0.1, 0.15) is 0 Å². The summed E-state index contributed by atoms with van der Waals surface area (Å²) < 4.78 is 0. The van der Waals surface area contributed by atoms with E-state index in [2.05, 4.69) is 28.8 Å². The number of amides is 3. The summed E-state index contributed by atoms with van der Waals surface area (Å²) in [5, 5.41) is 5.91. The highest BCUT2D eigenvalue weighted by Gasteiger charge is 2.19. The van der Waals surface area contributed by atoms with Crippen molar-refractivity contribution in [3.05, 3.63) is 101 Å². The molecule has 0 saturated carbocycles.